The van der Waals surface area contributed by atoms with Gasteiger partial charge in [0.15, 0.2) is 8.32 Å². The lowest BCUT2D eigenvalue weighted by atomic mass is 9.90. The maximum Gasteiger partial charge on any atom is 0.191 e. The van der Waals surface area contributed by atoms with Crippen LogP contribution >= 0.6 is 15.9 Å². The van der Waals surface area contributed by atoms with Gasteiger partial charge >= 0.3 is 0 Å². The van der Waals surface area contributed by atoms with E-state index in [1.54, 1.807) is 0 Å². The van der Waals surface area contributed by atoms with Crippen molar-refractivity contribution in [1.29, 1.82) is 0 Å². The smallest absolute Gasteiger partial charge is 0.191 e. The van der Waals surface area contributed by atoms with Gasteiger partial charge in [0.2, 0.25) is 0 Å². The highest BCUT2D eigenvalue weighted by Gasteiger charge is 2.37. The molecule has 0 unspecified atom stereocenters. The number of rotatable bonds is 3. The van der Waals surface area contributed by atoms with Gasteiger partial charge in [0, 0.05) is 11.4 Å². The van der Waals surface area contributed by atoms with Crippen LogP contribution in [0.1, 0.15) is 46.5 Å². The maximum atomic E-state index is 6.29. The molecule has 0 amide bonds. The van der Waals surface area contributed by atoms with Crippen molar-refractivity contribution in [3.05, 3.63) is 0 Å². The fourth-order valence-corrected chi connectivity index (χ4v) is 3.45. The van der Waals surface area contributed by atoms with Crippen LogP contribution in [0.5, 0.6) is 0 Å². The van der Waals surface area contributed by atoms with E-state index in [0.717, 1.165) is 17.4 Å². The molecule has 0 atom stereocenters. The molecule has 0 aliphatic heterocycles. The maximum absolute atomic E-state index is 6.29. The van der Waals surface area contributed by atoms with E-state index in [9.17, 15) is 0 Å². The molecule has 1 rings (SSSR count). The highest BCUT2D eigenvalue weighted by molar-refractivity contribution is 9.09. The van der Waals surface area contributed by atoms with Crippen molar-refractivity contribution >= 4 is 24.2 Å². The van der Waals surface area contributed by atoms with Gasteiger partial charge in [-0.2, -0.15) is 0 Å². The molecule has 0 spiro atoms. The Morgan fingerprint density at radius 1 is 1.12 bits per heavy atom. The third kappa shape index (κ3) is 4.15. The summed E-state index contributed by atoms with van der Waals surface area (Å²) < 4.78 is 6.29. The largest absolute Gasteiger partial charge is 0.417 e. The normalized spacial score (nSPS) is 28.1. The summed E-state index contributed by atoms with van der Waals surface area (Å²) in [5.74, 6) is 0.808. The van der Waals surface area contributed by atoms with E-state index >= 15 is 0 Å². The van der Waals surface area contributed by atoms with Gasteiger partial charge in [-0.05, 0) is 49.7 Å². The first-order valence-corrected chi connectivity index (χ1v) is 10.3. The molecule has 1 saturated carbocycles. The molecule has 0 aromatic rings. The third-order valence-electron chi connectivity index (χ3n) is 4.26. The van der Waals surface area contributed by atoms with E-state index in [1.807, 2.05) is 0 Å². The first-order valence-electron chi connectivity index (χ1n) is 6.50. The van der Waals surface area contributed by atoms with E-state index in [0.29, 0.717) is 5.04 Å². The molecular formula is C13H27BrOSi. The van der Waals surface area contributed by atoms with Crippen LogP contribution in [0, 0.1) is 5.92 Å². The number of halogens is 1. The van der Waals surface area contributed by atoms with Crippen LogP contribution < -0.4 is 0 Å². The first-order chi connectivity index (χ1) is 7.22. The van der Waals surface area contributed by atoms with E-state index < -0.39 is 8.32 Å². The molecule has 0 radical (unpaired) electrons. The van der Waals surface area contributed by atoms with Crippen LogP contribution in [0.2, 0.25) is 18.1 Å². The summed E-state index contributed by atoms with van der Waals surface area (Å²) in [4.78, 5) is 0.761. The van der Waals surface area contributed by atoms with E-state index in [1.165, 1.54) is 25.7 Å². The van der Waals surface area contributed by atoms with Crippen LogP contribution in [0.4, 0.5) is 0 Å². The van der Waals surface area contributed by atoms with Crippen molar-refractivity contribution in [2.24, 2.45) is 5.92 Å². The first kappa shape index (κ1) is 14.7. The van der Waals surface area contributed by atoms with Crippen LogP contribution in [0.15, 0.2) is 0 Å². The SMILES string of the molecule is CC(C)(C)[Si](C)(C)OCC1CCC(Br)CC1. The molecule has 1 aliphatic carbocycles. The van der Waals surface area contributed by atoms with E-state index in [2.05, 4.69) is 49.8 Å². The zero-order chi connectivity index (χ0) is 12.4. The predicted molar refractivity (Wildman–Crippen MR) is 77.8 cm³/mol. The Labute approximate surface area is 111 Å². The summed E-state index contributed by atoms with van der Waals surface area (Å²) in [7, 11) is -1.52. The van der Waals surface area contributed by atoms with Gasteiger partial charge in [0.05, 0.1) is 0 Å². The molecule has 1 nitrogen and oxygen atoms in total. The second-order valence-corrected chi connectivity index (χ2v) is 12.8. The summed E-state index contributed by atoms with van der Waals surface area (Å²) in [6, 6.07) is 0. The van der Waals surface area contributed by atoms with Crippen molar-refractivity contribution in [3.8, 4) is 0 Å². The summed E-state index contributed by atoms with van der Waals surface area (Å²) in [6.45, 7) is 12.6. The highest BCUT2D eigenvalue weighted by atomic mass is 79.9. The summed E-state index contributed by atoms with van der Waals surface area (Å²) in [5, 5.41) is 0.347. The molecule has 0 N–H and O–H groups in total. The van der Waals surface area contributed by atoms with Crippen molar-refractivity contribution in [1.82, 2.24) is 0 Å². The quantitative estimate of drug-likeness (QED) is 0.529. The molecule has 3 heteroatoms. The monoisotopic (exact) mass is 306 g/mol. The zero-order valence-electron chi connectivity index (χ0n) is 11.5. The zero-order valence-corrected chi connectivity index (χ0v) is 14.1. The van der Waals surface area contributed by atoms with Crippen LogP contribution in [0.25, 0.3) is 0 Å². The molecule has 0 aromatic heterocycles. The second kappa shape index (κ2) is 5.53. The highest BCUT2D eigenvalue weighted by Crippen LogP contribution is 2.38. The number of alkyl halides is 1. The van der Waals surface area contributed by atoms with Crippen molar-refractivity contribution in [3.63, 3.8) is 0 Å². The van der Waals surface area contributed by atoms with Gasteiger partial charge in [-0.25, -0.2) is 0 Å². The Balaban J connectivity index is 2.34. The number of hydrogen-bond acceptors (Lipinski definition) is 1. The molecule has 0 saturated heterocycles. The minimum atomic E-state index is -1.52. The van der Waals surface area contributed by atoms with Gasteiger partial charge < -0.3 is 4.43 Å². The summed E-state index contributed by atoms with van der Waals surface area (Å²) >= 11 is 3.71. The van der Waals surface area contributed by atoms with Gasteiger partial charge in [-0.1, -0.05) is 36.7 Å². The molecule has 0 aromatic carbocycles. The van der Waals surface area contributed by atoms with Crippen LogP contribution in [0.3, 0.4) is 0 Å². The second-order valence-electron chi connectivity index (χ2n) is 6.69. The minimum absolute atomic E-state index is 0.347. The molecular weight excluding hydrogens is 280 g/mol. The molecule has 0 bridgehead atoms. The Morgan fingerprint density at radius 2 is 1.62 bits per heavy atom. The summed E-state index contributed by atoms with van der Waals surface area (Å²) in [6.07, 6.45) is 5.33. The Bertz CT molecular complexity index is 214. The summed E-state index contributed by atoms with van der Waals surface area (Å²) in [5.41, 5.74) is 0. The Hall–Kier alpha value is 0.657. The van der Waals surface area contributed by atoms with Gasteiger partial charge in [-0.15, -0.1) is 0 Å². The van der Waals surface area contributed by atoms with Crippen molar-refractivity contribution < 1.29 is 4.43 Å². The average molecular weight is 307 g/mol. The van der Waals surface area contributed by atoms with Crippen LogP contribution in [-0.4, -0.2) is 19.8 Å². The Morgan fingerprint density at radius 3 is 2.06 bits per heavy atom. The lowest BCUT2D eigenvalue weighted by molar-refractivity contribution is 0.195. The van der Waals surface area contributed by atoms with E-state index in [-0.39, 0.29) is 0 Å². The lowest BCUT2D eigenvalue weighted by Crippen LogP contribution is -2.42. The van der Waals surface area contributed by atoms with Crippen molar-refractivity contribution in [2.45, 2.75) is 69.4 Å². The fourth-order valence-electron chi connectivity index (χ4n) is 1.83. The van der Waals surface area contributed by atoms with Gasteiger partial charge in [0.1, 0.15) is 0 Å². The van der Waals surface area contributed by atoms with Crippen LogP contribution in [-0.2, 0) is 4.43 Å². The molecule has 1 fully saturated rings. The molecule has 1 aliphatic rings. The minimum Gasteiger partial charge on any atom is -0.417 e. The average Bonchev–Trinajstić information content (AvgIpc) is 2.15. The molecule has 16 heavy (non-hydrogen) atoms. The topological polar surface area (TPSA) is 9.23 Å². The third-order valence-corrected chi connectivity index (χ3v) is 9.68. The predicted octanol–water partition coefficient (Wildman–Crippen LogP) is 4.96. The number of hydrogen-bond donors (Lipinski definition) is 0. The van der Waals surface area contributed by atoms with Crippen molar-refractivity contribution in [2.75, 3.05) is 6.61 Å². The Kier molecular flexibility index (Phi) is 5.09. The fraction of sp³-hybridized carbons (Fsp3) is 1.00. The van der Waals surface area contributed by atoms with E-state index in [4.69, 9.17) is 4.43 Å². The van der Waals surface area contributed by atoms with Gasteiger partial charge in [0.25, 0.3) is 0 Å². The standard InChI is InChI=1S/C13H27BrOSi/c1-13(2,3)16(4,5)15-10-11-6-8-12(14)9-7-11/h11-12H,6-10H2,1-5H3. The van der Waals surface area contributed by atoms with Gasteiger partial charge in [-0.3, -0.25) is 0 Å². The lowest BCUT2D eigenvalue weighted by Gasteiger charge is -2.38. The molecule has 96 valence electrons. The molecule has 0 heterocycles.